The number of nitrogens with zero attached hydrogens (tertiary/aromatic N) is 3. The Morgan fingerprint density at radius 2 is 2.21 bits per heavy atom. The van der Waals surface area contributed by atoms with Crippen LogP contribution in [0.3, 0.4) is 0 Å². The summed E-state index contributed by atoms with van der Waals surface area (Å²) in [6, 6.07) is 7.76. The summed E-state index contributed by atoms with van der Waals surface area (Å²) in [6.07, 6.45) is 3.66. The lowest BCUT2D eigenvalue weighted by atomic mass is 10.1. The second-order valence-corrected chi connectivity index (χ2v) is 4.95. The lowest BCUT2D eigenvalue weighted by Gasteiger charge is -2.10. The maximum absolute atomic E-state index is 9.20. The first-order valence-corrected chi connectivity index (χ1v) is 6.25. The highest BCUT2D eigenvalue weighted by Gasteiger charge is 2.08. The molecule has 98 valence electrons. The van der Waals surface area contributed by atoms with Crippen LogP contribution >= 0.6 is 0 Å². The van der Waals surface area contributed by atoms with Gasteiger partial charge < -0.3 is 9.30 Å². The normalized spacial score (nSPS) is 10.5. The second-order valence-electron chi connectivity index (χ2n) is 4.95. The second kappa shape index (κ2) is 5.57. The molecule has 1 aromatic carbocycles. The molecule has 0 saturated carbocycles. The van der Waals surface area contributed by atoms with Crippen LogP contribution in [0.4, 0.5) is 0 Å². The maximum Gasteiger partial charge on any atom is 0.137 e. The maximum atomic E-state index is 9.20. The van der Waals surface area contributed by atoms with Crippen LogP contribution in [0.25, 0.3) is 11.3 Å². The molecule has 0 bridgehead atoms. The standard InChI is InChI=1S/C15H17N3O/c1-11(2)9-19-15-5-4-12(6-13(15)7-16)14-8-18(3)10-17-14/h4-6,8,10-11H,9H2,1-3H3. The van der Waals surface area contributed by atoms with E-state index in [4.69, 9.17) is 4.74 Å². The molecule has 0 aliphatic heterocycles. The van der Waals surface area contributed by atoms with Crippen molar-refractivity contribution in [2.24, 2.45) is 13.0 Å². The van der Waals surface area contributed by atoms with Crippen molar-refractivity contribution in [1.82, 2.24) is 9.55 Å². The van der Waals surface area contributed by atoms with Crippen LogP contribution in [0.15, 0.2) is 30.7 Å². The largest absolute Gasteiger partial charge is 0.492 e. The summed E-state index contributed by atoms with van der Waals surface area (Å²) in [6.45, 7) is 4.76. The fourth-order valence-electron chi connectivity index (χ4n) is 1.72. The summed E-state index contributed by atoms with van der Waals surface area (Å²) < 4.78 is 7.52. The molecule has 0 spiro atoms. The van der Waals surface area contributed by atoms with Gasteiger partial charge in [0.1, 0.15) is 11.8 Å². The van der Waals surface area contributed by atoms with E-state index in [0.29, 0.717) is 23.8 Å². The van der Waals surface area contributed by atoms with Crippen molar-refractivity contribution < 1.29 is 4.74 Å². The Morgan fingerprint density at radius 3 is 2.79 bits per heavy atom. The summed E-state index contributed by atoms with van der Waals surface area (Å²) in [5.41, 5.74) is 2.33. The fraction of sp³-hybridized carbons (Fsp3) is 0.333. The Balaban J connectivity index is 2.28. The SMILES string of the molecule is CC(C)COc1ccc(-c2cn(C)cn2)cc1C#N. The molecule has 0 aliphatic carbocycles. The molecular weight excluding hydrogens is 238 g/mol. The van der Waals surface area contributed by atoms with Crippen molar-refractivity contribution in [1.29, 1.82) is 5.26 Å². The van der Waals surface area contributed by atoms with Gasteiger partial charge in [0, 0.05) is 18.8 Å². The van der Waals surface area contributed by atoms with Crippen molar-refractivity contribution in [3.05, 3.63) is 36.3 Å². The first-order chi connectivity index (χ1) is 9.10. The van der Waals surface area contributed by atoms with E-state index >= 15 is 0 Å². The highest BCUT2D eigenvalue weighted by molar-refractivity contribution is 5.63. The molecule has 0 fully saturated rings. The van der Waals surface area contributed by atoms with Crippen LogP contribution in [-0.4, -0.2) is 16.2 Å². The number of rotatable bonds is 4. The average Bonchev–Trinajstić information content (AvgIpc) is 2.82. The Kier molecular flexibility index (Phi) is 3.86. The molecule has 0 N–H and O–H groups in total. The number of nitriles is 1. The van der Waals surface area contributed by atoms with E-state index in [1.165, 1.54) is 0 Å². The zero-order valence-electron chi connectivity index (χ0n) is 11.4. The molecule has 2 aromatic rings. The molecule has 19 heavy (non-hydrogen) atoms. The van der Waals surface area contributed by atoms with Gasteiger partial charge in [0.25, 0.3) is 0 Å². The topological polar surface area (TPSA) is 50.8 Å². The number of aryl methyl sites for hydroxylation is 1. The quantitative estimate of drug-likeness (QED) is 0.843. The third-order valence-electron chi connectivity index (χ3n) is 2.67. The van der Waals surface area contributed by atoms with Gasteiger partial charge in [-0.3, -0.25) is 0 Å². The molecule has 2 rings (SSSR count). The summed E-state index contributed by atoms with van der Waals surface area (Å²) >= 11 is 0. The number of imidazole rings is 1. The van der Waals surface area contributed by atoms with E-state index in [1.54, 1.807) is 6.33 Å². The molecule has 0 radical (unpaired) electrons. The number of hydrogen-bond acceptors (Lipinski definition) is 3. The minimum absolute atomic E-state index is 0.432. The van der Waals surface area contributed by atoms with Gasteiger partial charge in [0.2, 0.25) is 0 Å². The van der Waals surface area contributed by atoms with Crippen LogP contribution < -0.4 is 4.74 Å². The van der Waals surface area contributed by atoms with E-state index in [9.17, 15) is 5.26 Å². The van der Waals surface area contributed by atoms with Gasteiger partial charge in [-0.15, -0.1) is 0 Å². The fourth-order valence-corrected chi connectivity index (χ4v) is 1.72. The third-order valence-corrected chi connectivity index (χ3v) is 2.67. The summed E-state index contributed by atoms with van der Waals surface area (Å²) in [5, 5.41) is 9.20. The van der Waals surface area contributed by atoms with Crippen LogP contribution in [0.1, 0.15) is 19.4 Å². The number of aromatic nitrogens is 2. The molecule has 4 heteroatoms. The first kappa shape index (κ1) is 13.2. The molecule has 1 heterocycles. The van der Waals surface area contributed by atoms with Crippen molar-refractivity contribution >= 4 is 0 Å². The van der Waals surface area contributed by atoms with Gasteiger partial charge in [-0.1, -0.05) is 13.8 Å². The van der Waals surface area contributed by atoms with Gasteiger partial charge in [0.05, 0.1) is 24.2 Å². The van der Waals surface area contributed by atoms with Gasteiger partial charge >= 0.3 is 0 Å². The van der Waals surface area contributed by atoms with E-state index in [-0.39, 0.29) is 0 Å². The van der Waals surface area contributed by atoms with Gasteiger partial charge in [-0.05, 0) is 24.1 Å². The summed E-state index contributed by atoms with van der Waals surface area (Å²) in [4.78, 5) is 4.28. The smallest absolute Gasteiger partial charge is 0.137 e. The molecule has 4 nitrogen and oxygen atoms in total. The Morgan fingerprint density at radius 1 is 1.42 bits per heavy atom. The molecule has 0 saturated heterocycles. The highest BCUT2D eigenvalue weighted by Crippen LogP contribution is 2.25. The predicted octanol–water partition coefficient (Wildman–Crippen LogP) is 2.99. The minimum Gasteiger partial charge on any atom is -0.492 e. The summed E-state index contributed by atoms with van der Waals surface area (Å²) in [5.74, 6) is 1.07. The molecule has 0 amide bonds. The number of hydrogen-bond donors (Lipinski definition) is 0. The van der Waals surface area contributed by atoms with Crippen molar-refractivity contribution in [3.63, 3.8) is 0 Å². The molecule has 0 atom stereocenters. The average molecular weight is 255 g/mol. The monoisotopic (exact) mass is 255 g/mol. The highest BCUT2D eigenvalue weighted by atomic mass is 16.5. The Hall–Kier alpha value is -2.28. The van der Waals surface area contributed by atoms with Crippen LogP contribution in [-0.2, 0) is 7.05 Å². The Bertz CT molecular complexity index is 608. The zero-order valence-corrected chi connectivity index (χ0v) is 11.4. The molecule has 0 aliphatic rings. The van der Waals surface area contributed by atoms with Crippen LogP contribution in [0.5, 0.6) is 5.75 Å². The number of ether oxygens (including phenoxy) is 1. The van der Waals surface area contributed by atoms with Crippen molar-refractivity contribution in [2.75, 3.05) is 6.61 Å². The van der Waals surface area contributed by atoms with E-state index in [1.807, 2.05) is 36.0 Å². The van der Waals surface area contributed by atoms with Crippen LogP contribution in [0, 0.1) is 17.2 Å². The predicted molar refractivity (Wildman–Crippen MR) is 73.7 cm³/mol. The first-order valence-electron chi connectivity index (χ1n) is 6.25. The lowest BCUT2D eigenvalue weighted by Crippen LogP contribution is -2.05. The molecular formula is C15H17N3O. The number of benzene rings is 1. The van der Waals surface area contributed by atoms with E-state index in [2.05, 4.69) is 24.9 Å². The van der Waals surface area contributed by atoms with E-state index in [0.717, 1.165) is 11.3 Å². The van der Waals surface area contributed by atoms with Gasteiger partial charge in [-0.25, -0.2) is 4.98 Å². The van der Waals surface area contributed by atoms with Gasteiger partial charge in [-0.2, -0.15) is 5.26 Å². The molecule has 0 unspecified atom stereocenters. The Labute approximate surface area is 113 Å². The van der Waals surface area contributed by atoms with Crippen molar-refractivity contribution in [2.45, 2.75) is 13.8 Å². The minimum atomic E-state index is 0.432. The van der Waals surface area contributed by atoms with Crippen molar-refractivity contribution in [3.8, 4) is 23.1 Å². The van der Waals surface area contributed by atoms with Crippen LogP contribution in [0.2, 0.25) is 0 Å². The molecule has 1 aromatic heterocycles. The van der Waals surface area contributed by atoms with E-state index < -0.39 is 0 Å². The summed E-state index contributed by atoms with van der Waals surface area (Å²) in [7, 11) is 1.92. The zero-order chi connectivity index (χ0) is 13.8. The lowest BCUT2D eigenvalue weighted by molar-refractivity contribution is 0.270. The third kappa shape index (κ3) is 3.14. The van der Waals surface area contributed by atoms with Gasteiger partial charge in [0.15, 0.2) is 0 Å².